The monoisotopic (exact) mass is 380 g/mol. The summed E-state index contributed by atoms with van der Waals surface area (Å²) in [6.07, 6.45) is 0.122. The summed E-state index contributed by atoms with van der Waals surface area (Å²) in [5, 5.41) is 3.16. The van der Waals surface area contributed by atoms with Gasteiger partial charge in [0, 0.05) is 28.3 Å². The Kier molecular flexibility index (Phi) is 5.83. The maximum absolute atomic E-state index is 13.2. The molecule has 0 fully saturated rings. The molecule has 0 saturated heterocycles. The molecule has 4 nitrogen and oxygen atoms in total. The van der Waals surface area contributed by atoms with Gasteiger partial charge in [0.25, 0.3) is 0 Å². The summed E-state index contributed by atoms with van der Waals surface area (Å²) >= 11 is 0. The average molecular weight is 380 g/mol. The van der Waals surface area contributed by atoms with Crippen molar-refractivity contribution >= 4 is 11.5 Å². The molecule has 0 atom stereocenters. The van der Waals surface area contributed by atoms with Crippen LogP contribution in [-0.2, 0) is 0 Å². The zero-order valence-corrected chi connectivity index (χ0v) is 16.6. The Morgan fingerprint density at radius 3 is 2.32 bits per heavy atom. The summed E-state index contributed by atoms with van der Waals surface area (Å²) in [6, 6.07) is 15.7. The third kappa shape index (κ3) is 4.42. The SMILES string of the molecule is Cc1cc(C(=O)CNc2ccc(OC(C)C)cc2)c(C)n1-c1ccc(F)cc1. The molecule has 1 N–H and O–H groups in total. The molecule has 3 aromatic rings. The van der Waals surface area contributed by atoms with Crippen LogP contribution in [0.4, 0.5) is 10.1 Å². The molecule has 0 radical (unpaired) electrons. The van der Waals surface area contributed by atoms with Gasteiger partial charge in [0.1, 0.15) is 11.6 Å². The van der Waals surface area contributed by atoms with Crippen LogP contribution in [0.15, 0.2) is 54.6 Å². The van der Waals surface area contributed by atoms with Crippen molar-refractivity contribution in [3.05, 3.63) is 77.4 Å². The van der Waals surface area contributed by atoms with Gasteiger partial charge in [0.2, 0.25) is 0 Å². The standard InChI is InChI=1S/C23H25FN2O2/c1-15(2)28-21-11-7-19(8-12-21)25-14-23(27)22-13-16(3)26(17(22)4)20-9-5-18(24)6-10-20/h5-13,15,25H,14H2,1-4H3. The van der Waals surface area contributed by atoms with Gasteiger partial charge in [-0.3, -0.25) is 4.79 Å². The van der Waals surface area contributed by atoms with E-state index in [0.717, 1.165) is 28.5 Å². The van der Waals surface area contributed by atoms with Gasteiger partial charge in [0.05, 0.1) is 12.6 Å². The van der Waals surface area contributed by atoms with Crippen molar-refractivity contribution in [2.24, 2.45) is 0 Å². The molecule has 5 heteroatoms. The van der Waals surface area contributed by atoms with Crippen LogP contribution in [0.1, 0.15) is 35.6 Å². The molecule has 0 aliphatic rings. The summed E-state index contributed by atoms with van der Waals surface area (Å²) < 4.78 is 20.8. The number of ether oxygens (including phenoxy) is 1. The lowest BCUT2D eigenvalue weighted by Crippen LogP contribution is -2.15. The highest BCUT2D eigenvalue weighted by Crippen LogP contribution is 2.22. The third-order valence-corrected chi connectivity index (χ3v) is 4.50. The van der Waals surface area contributed by atoms with Crippen LogP contribution >= 0.6 is 0 Å². The van der Waals surface area contributed by atoms with Crippen LogP contribution < -0.4 is 10.1 Å². The third-order valence-electron chi connectivity index (χ3n) is 4.50. The summed E-state index contributed by atoms with van der Waals surface area (Å²) in [7, 11) is 0. The van der Waals surface area contributed by atoms with Crippen molar-refractivity contribution in [2.45, 2.75) is 33.8 Å². The van der Waals surface area contributed by atoms with Crippen molar-refractivity contribution in [1.82, 2.24) is 4.57 Å². The van der Waals surface area contributed by atoms with Gasteiger partial charge in [-0.2, -0.15) is 0 Å². The van der Waals surface area contributed by atoms with Crippen LogP contribution in [0.3, 0.4) is 0 Å². The zero-order chi connectivity index (χ0) is 20.3. The Hall–Kier alpha value is -3.08. The molecular weight excluding hydrogens is 355 g/mol. The number of hydrogen-bond acceptors (Lipinski definition) is 3. The largest absolute Gasteiger partial charge is 0.491 e. The first kappa shape index (κ1) is 19.7. The first-order valence-electron chi connectivity index (χ1n) is 9.34. The number of carbonyl (C=O) groups excluding carboxylic acids is 1. The normalized spacial score (nSPS) is 10.9. The molecule has 28 heavy (non-hydrogen) atoms. The summed E-state index contributed by atoms with van der Waals surface area (Å²) in [6.45, 7) is 7.99. The molecule has 1 heterocycles. The van der Waals surface area contributed by atoms with Crippen LogP contribution in [0.25, 0.3) is 5.69 Å². The average Bonchev–Trinajstić information content (AvgIpc) is 2.96. The van der Waals surface area contributed by atoms with E-state index in [1.807, 2.05) is 62.6 Å². The van der Waals surface area contributed by atoms with E-state index in [-0.39, 0.29) is 24.2 Å². The van der Waals surface area contributed by atoms with E-state index in [0.29, 0.717) is 5.56 Å². The molecule has 0 aliphatic carbocycles. The van der Waals surface area contributed by atoms with Gasteiger partial charge in [-0.1, -0.05) is 0 Å². The molecule has 0 aliphatic heterocycles. The van der Waals surface area contributed by atoms with Crippen LogP contribution in [-0.4, -0.2) is 23.0 Å². The van der Waals surface area contributed by atoms with Gasteiger partial charge in [-0.15, -0.1) is 0 Å². The lowest BCUT2D eigenvalue weighted by molar-refractivity contribution is 0.101. The molecule has 2 aromatic carbocycles. The van der Waals surface area contributed by atoms with Crippen LogP contribution in [0, 0.1) is 19.7 Å². The fourth-order valence-corrected chi connectivity index (χ4v) is 3.23. The first-order chi connectivity index (χ1) is 13.3. The van der Waals surface area contributed by atoms with E-state index in [9.17, 15) is 9.18 Å². The lowest BCUT2D eigenvalue weighted by Gasteiger charge is -2.11. The second-order valence-electron chi connectivity index (χ2n) is 7.06. The molecule has 1 aromatic heterocycles. The summed E-state index contributed by atoms with van der Waals surface area (Å²) in [5.41, 5.74) is 4.13. The number of carbonyl (C=O) groups is 1. The van der Waals surface area contributed by atoms with Gasteiger partial charge < -0.3 is 14.6 Å². The van der Waals surface area contributed by atoms with Crippen molar-refractivity contribution in [2.75, 3.05) is 11.9 Å². The Morgan fingerprint density at radius 2 is 1.71 bits per heavy atom. The summed E-state index contributed by atoms with van der Waals surface area (Å²) in [4.78, 5) is 12.7. The van der Waals surface area contributed by atoms with E-state index >= 15 is 0 Å². The van der Waals surface area contributed by atoms with Crippen molar-refractivity contribution in [3.8, 4) is 11.4 Å². The molecule has 146 valence electrons. The lowest BCUT2D eigenvalue weighted by atomic mass is 10.1. The highest BCUT2D eigenvalue weighted by molar-refractivity contribution is 6.00. The highest BCUT2D eigenvalue weighted by atomic mass is 19.1. The fourth-order valence-electron chi connectivity index (χ4n) is 3.23. The topological polar surface area (TPSA) is 43.3 Å². The van der Waals surface area contributed by atoms with E-state index in [1.165, 1.54) is 12.1 Å². The van der Waals surface area contributed by atoms with Gasteiger partial charge >= 0.3 is 0 Å². The Bertz CT molecular complexity index is 958. The Morgan fingerprint density at radius 1 is 1.07 bits per heavy atom. The zero-order valence-electron chi connectivity index (χ0n) is 16.6. The number of Topliss-reactive ketones (excluding diaryl/α,β-unsaturated/α-hetero) is 1. The predicted octanol–water partition coefficient (Wildman–Crippen LogP) is 5.32. The van der Waals surface area contributed by atoms with Gasteiger partial charge in [-0.05, 0) is 82.3 Å². The maximum atomic E-state index is 13.2. The first-order valence-corrected chi connectivity index (χ1v) is 9.34. The number of hydrogen-bond donors (Lipinski definition) is 1. The number of anilines is 1. The van der Waals surface area contributed by atoms with Crippen molar-refractivity contribution in [3.63, 3.8) is 0 Å². The molecule has 0 spiro atoms. The minimum Gasteiger partial charge on any atom is -0.491 e. The fraction of sp³-hybridized carbons (Fsp3) is 0.261. The number of nitrogens with zero attached hydrogens (tertiary/aromatic N) is 1. The van der Waals surface area contributed by atoms with E-state index < -0.39 is 0 Å². The number of aryl methyl sites for hydroxylation is 1. The Balaban J connectivity index is 1.71. The van der Waals surface area contributed by atoms with E-state index in [1.54, 1.807) is 12.1 Å². The van der Waals surface area contributed by atoms with Gasteiger partial charge in [0.15, 0.2) is 5.78 Å². The number of aromatic nitrogens is 1. The highest BCUT2D eigenvalue weighted by Gasteiger charge is 2.16. The number of benzene rings is 2. The second-order valence-corrected chi connectivity index (χ2v) is 7.06. The van der Waals surface area contributed by atoms with E-state index in [4.69, 9.17) is 4.74 Å². The minimum absolute atomic E-state index is 0.00367. The molecular formula is C23H25FN2O2. The van der Waals surface area contributed by atoms with Crippen LogP contribution in [0.5, 0.6) is 5.75 Å². The quantitative estimate of drug-likeness (QED) is 0.565. The number of nitrogens with one attached hydrogen (secondary N) is 1. The number of halogens is 1. The van der Waals surface area contributed by atoms with Gasteiger partial charge in [-0.25, -0.2) is 4.39 Å². The maximum Gasteiger partial charge on any atom is 0.183 e. The molecule has 0 bridgehead atoms. The predicted molar refractivity (Wildman–Crippen MR) is 110 cm³/mol. The van der Waals surface area contributed by atoms with Crippen LogP contribution in [0.2, 0.25) is 0 Å². The number of rotatable bonds is 7. The Labute approximate surface area is 165 Å². The number of ketones is 1. The van der Waals surface area contributed by atoms with E-state index in [2.05, 4.69) is 5.32 Å². The van der Waals surface area contributed by atoms with Crippen molar-refractivity contribution in [1.29, 1.82) is 0 Å². The van der Waals surface area contributed by atoms with Crippen molar-refractivity contribution < 1.29 is 13.9 Å². The molecule has 0 unspecified atom stereocenters. The molecule has 0 amide bonds. The molecule has 0 saturated carbocycles. The smallest absolute Gasteiger partial charge is 0.183 e. The molecule has 3 rings (SSSR count). The summed E-state index contributed by atoms with van der Waals surface area (Å²) in [5.74, 6) is 0.523. The minimum atomic E-state index is -0.281. The second kappa shape index (κ2) is 8.30.